The number of hydrogen-bond donors (Lipinski definition) is 1. The summed E-state index contributed by atoms with van der Waals surface area (Å²) in [6, 6.07) is 2.04. The number of alkyl carbamates (subject to hydrolysis) is 1. The quantitative estimate of drug-likeness (QED) is 0.345. The lowest BCUT2D eigenvalue weighted by molar-refractivity contribution is -0.0551. The van der Waals surface area contributed by atoms with Gasteiger partial charge in [-0.2, -0.15) is 0 Å². The fraction of sp³-hybridized carbons (Fsp3) is 0.941. The molecule has 0 heterocycles. The lowest BCUT2D eigenvalue weighted by atomic mass is 10.2. The molecule has 1 atom stereocenters. The van der Waals surface area contributed by atoms with Gasteiger partial charge < -0.3 is 19.5 Å². The van der Waals surface area contributed by atoms with Crippen LogP contribution in [0.3, 0.4) is 0 Å². The zero-order chi connectivity index (χ0) is 19.0. The van der Waals surface area contributed by atoms with Crippen LogP contribution in [0, 0.1) is 0 Å². The summed E-state index contributed by atoms with van der Waals surface area (Å²) in [7, 11) is -2.40. The fourth-order valence-electron chi connectivity index (χ4n) is 2.05. The molecule has 0 unspecified atom stereocenters. The van der Waals surface area contributed by atoms with Crippen LogP contribution in [0.4, 0.5) is 4.79 Å². The van der Waals surface area contributed by atoms with Gasteiger partial charge in [-0.3, -0.25) is 0 Å². The van der Waals surface area contributed by atoms with Crippen molar-refractivity contribution in [2.45, 2.75) is 83.8 Å². The Morgan fingerprint density at radius 2 is 1.58 bits per heavy atom. The number of rotatable bonds is 10. The van der Waals surface area contributed by atoms with E-state index in [1.807, 2.05) is 20.8 Å². The molecule has 24 heavy (non-hydrogen) atoms. The Bertz CT molecular complexity index is 370. The minimum atomic E-state index is -1.33. The average molecular weight is 378 g/mol. The van der Waals surface area contributed by atoms with Crippen molar-refractivity contribution in [3.05, 3.63) is 0 Å². The molecule has 1 amide bonds. The van der Waals surface area contributed by atoms with Gasteiger partial charge in [0, 0.05) is 22.8 Å². The molecule has 1 N–H and O–H groups in total. The lowest BCUT2D eigenvalue weighted by Gasteiger charge is -2.27. The maximum atomic E-state index is 12.0. The third-order valence-corrected chi connectivity index (χ3v) is 6.48. The summed E-state index contributed by atoms with van der Waals surface area (Å²) in [6.07, 6.45) is -0.381. The van der Waals surface area contributed by atoms with Crippen molar-refractivity contribution in [3.63, 3.8) is 0 Å². The molecule has 0 radical (unpaired) electrons. The third-order valence-electron chi connectivity index (χ3n) is 3.06. The van der Waals surface area contributed by atoms with Crippen LogP contribution < -0.4 is 5.32 Å². The molecule has 7 heteroatoms. The summed E-state index contributed by atoms with van der Waals surface area (Å²) in [4.78, 5) is 12.0. The molecule has 144 valence electrons. The van der Waals surface area contributed by atoms with Gasteiger partial charge in [-0.05, 0) is 32.9 Å². The first kappa shape index (κ1) is 23.6. The summed E-state index contributed by atoms with van der Waals surface area (Å²) < 4.78 is 16.5. The van der Waals surface area contributed by atoms with Crippen LogP contribution in [-0.4, -0.2) is 53.9 Å². The highest BCUT2D eigenvalue weighted by atomic mass is 28.3. The van der Waals surface area contributed by atoms with E-state index in [1.165, 1.54) is 0 Å². The molecule has 0 spiro atoms. The van der Waals surface area contributed by atoms with E-state index in [-0.39, 0.29) is 18.9 Å². The van der Waals surface area contributed by atoms with Crippen LogP contribution in [0.15, 0.2) is 0 Å². The second-order valence-corrected chi connectivity index (χ2v) is 21.0. The molecule has 0 saturated heterocycles. The Labute approximate surface area is 150 Å². The van der Waals surface area contributed by atoms with E-state index in [9.17, 15) is 4.79 Å². The van der Waals surface area contributed by atoms with Crippen molar-refractivity contribution in [1.29, 1.82) is 0 Å². The van der Waals surface area contributed by atoms with E-state index in [0.717, 1.165) is 18.7 Å². The standard InChI is InChI=1S/C17H39NO4Si2/c1-17(2,3)22-16(19)18-15(13-24(7,8)9)12-21-14-20-10-11-23(4,5)6/h15H,10-14H2,1-9H3,(H,18,19)/t15-/m0/s1. The zero-order valence-electron chi connectivity index (χ0n) is 17.2. The average Bonchev–Trinajstić information content (AvgIpc) is 2.27. The summed E-state index contributed by atoms with van der Waals surface area (Å²) in [6.45, 7) is 20.9. The Hall–Kier alpha value is -0.376. The molecule has 0 bridgehead atoms. The summed E-state index contributed by atoms with van der Waals surface area (Å²) >= 11 is 0. The smallest absolute Gasteiger partial charge is 0.407 e. The summed E-state index contributed by atoms with van der Waals surface area (Å²) in [5.74, 6) is 0. The van der Waals surface area contributed by atoms with Gasteiger partial charge in [-0.15, -0.1) is 0 Å². The summed E-state index contributed by atoms with van der Waals surface area (Å²) in [5.41, 5.74) is -0.491. The van der Waals surface area contributed by atoms with E-state index in [2.05, 4.69) is 44.6 Å². The van der Waals surface area contributed by atoms with Crippen molar-refractivity contribution < 1.29 is 19.0 Å². The number of carbonyl (C=O) groups is 1. The first-order valence-electron chi connectivity index (χ1n) is 8.83. The van der Waals surface area contributed by atoms with Crippen LogP contribution in [0.5, 0.6) is 0 Å². The monoisotopic (exact) mass is 377 g/mol. The molecule has 0 aliphatic rings. The first-order valence-corrected chi connectivity index (χ1v) is 16.2. The largest absolute Gasteiger partial charge is 0.444 e. The minimum absolute atomic E-state index is 0.0351. The third kappa shape index (κ3) is 16.5. The Balaban J connectivity index is 4.25. The SMILES string of the molecule is CC(C)(C)OC(=O)N[C@@H](COCOCC[Si](C)(C)C)C[Si](C)(C)C. The molecule has 0 aromatic rings. The first-order chi connectivity index (χ1) is 10.7. The second kappa shape index (κ2) is 9.94. The highest BCUT2D eigenvalue weighted by molar-refractivity contribution is 6.76. The van der Waals surface area contributed by atoms with E-state index >= 15 is 0 Å². The van der Waals surface area contributed by atoms with Gasteiger partial charge in [-0.1, -0.05) is 39.3 Å². The molecule has 0 rings (SSSR count). The molecule has 0 aromatic heterocycles. The highest BCUT2D eigenvalue weighted by Gasteiger charge is 2.24. The van der Waals surface area contributed by atoms with E-state index in [4.69, 9.17) is 14.2 Å². The molecule has 0 aliphatic heterocycles. The number of ether oxygens (including phenoxy) is 3. The molecule has 0 saturated carbocycles. The predicted octanol–water partition coefficient (Wildman–Crippen LogP) is 4.55. The molecular formula is C17H39NO4Si2. The fourth-order valence-corrected chi connectivity index (χ4v) is 4.51. The van der Waals surface area contributed by atoms with Gasteiger partial charge in [0.15, 0.2) is 0 Å². The van der Waals surface area contributed by atoms with Crippen molar-refractivity contribution >= 4 is 22.2 Å². The Morgan fingerprint density at radius 3 is 2.04 bits per heavy atom. The maximum Gasteiger partial charge on any atom is 0.407 e. The zero-order valence-corrected chi connectivity index (χ0v) is 19.2. The van der Waals surface area contributed by atoms with E-state index in [1.54, 1.807) is 0 Å². The van der Waals surface area contributed by atoms with Gasteiger partial charge in [-0.25, -0.2) is 4.79 Å². The maximum absolute atomic E-state index is 12.0. The lowest BCUT2D eigenvalue weighted by Crippen LogP contribution is -2.45. The van der Waals surface area contributed by atoms with Crippen molar-refractivity contribution in [2.24, 2.45) is 0 Å². The van der Waals surface area contributed by atoms with Crippen LogP contribution in [0.1, 0.15) is 20.8 Å². The van der Waals surface area contributed by atoms with Crippen LogP contribution in [0.25, 0.3) is 0 Å². The Kier molecular flexibility index (Phi) is 9.78. The minimum Gasteiger partial charge on any atom is -0.444 e. The van der Waals surface area contributed by atoms with Crippen molar-refractivity contribution in [2.75, 3.05) is 20.0 Å². The van der Waals surface area contributed by atoms with Gasteiger partial charge in [0.25, 0.3) is 0 Å². The second-order valence-electron chi connectivity index (χ2n) is 9.82. The van der Waals surface area contributed by atoms with Crippen LogP contribution in [0.2, 0.25) is 51.4 Å². The molecule has 0 fully saturated rings. The molecule has 0 aromatic carbocycles. The van der Waals surface area contributed by atoms with Gasteiger partial charge in [0.2, 0.25) is 0 Å². The van der Waals surface area contributed by atoms with Crippen molar-refractivity contribution in [1.82, 2.24) is 5.32 Å². The molecule has 5 nitrogen and oxygen atoms in total. The van der Waals surface area contributed by atoms with Crippen LogP contribution >= 0.6 is 0 Å². The van der Waals surface area contributed by atoms with Gasteiger partial charge >= 0.3 is 6.09 Å². The number of nitrogens with one attached hydrogen (secondary N) is 1. The Morgan fingerprint density at radius 1 is 1.00 bits per heavy atom. The normalized spacial score (nSPS) is 14.4. The van der Waals surface area contributed by atoms with Gasteiger partial charge in [0.1, 0.15) is 12.4 Å². The van der Waals surface area contributed by atoms with Crippen molar-refractivity contribution in [3.8, 4) is 0 Å². The molecular weight excluding hydrogens is 338 g/mol. The van der Waals surface area contributed by atoms with E-state index in [0.29, 0.717) is 6.61 Å². The summed E-state index contributed by atoms with van der Waals surface area (Å²) in [5, 5.41) is 2.95. The molecule has 0 aliphatic carbocycles. The van der Waals surface area contributed by atoms with E-state index < -0.39 is 21.7 Å². The number of amides is 1. The highest BCUT2D eigenvalue weighted by Crippen LogP contribution is 2.14. The number of carbonyl (C=O) groups excluding carboxylic acids is 1. The topological polar surface area (TPSA) is 56.8 Å². The predicted molar refractivity (Wildman–Crippen MR) is 106 cm³/mol. The van der Waals surface area contributed by atoms with Crippen LogP contribution in [-0.2, 0) is 14.2 Å². The number of hydrogen-bond acceptors (Lipinski definition) is 4. The van der Waals surface area contributed by atoms with Gasteiger partial charge in [0.05, 0.1) is 12.6 Å².